The van der Waals surface area contributed by atoms with Crippen molar-refractivity contribution in [2.75, 3.05) is 0 Å². The van der Waals surface area contributed by atoms with E-state index >= 15 is 0 Å². The van der Waals surface area contributed by atoms with E-state index in [1.54, 1.807) is 0 Å². The molecular weight excluding hydrogens is 180 g/mol. The van der Waals surface area contributed by atoms with Crippen LogP contribution in [0.2, 0.25) is 0 Å². The van der Waals surface area contributed by atoms with E-state index in [2.05, 4.69) is 0 Å². The molecule has 0 saturated heterocycles. The van der Waals surface area contributed by atoms with Gasteiger partial charge in [0.05, 0.1) is 12.2 Å². The average molecular weight is 190 g/mol. The summed E-state index contributed by atoms with van der Waals surface area (Å²) in [6.07, 6.45) is 8.81. The molecule has 14 heavy (non-hydrogen) atoms. The summed E-state index contributed by atoms with van der Waals surface area (Å²) in [5.41, 5.74) is 2.04. The predicted molar refractivity (Wildman–Crippen MR) is 49.7 cm³/mol. The number of hydrogen-bond acceptors (Lipinski definition) is 2. The van der Waals surface area contributed by atoms with Gasteiger partial charge in [-0.05, 0) is 17.6 Å². The Kier molecular flexibility index (Phi) is 1.47. The number of allylic oxidation sites excluding steroid dienone is 2. The zero-order valence-electron chi connectivity index (χ0n) is 7.51. The summed E-state index contributed by atoms with van der Waals surface area (Å²) in [5, 5.41) is 8.86. The topological polar surface area (TPSA) is 46.5 Å². The number of carbonyl (C=O) groups is 1. The molecule has 1 saturated carbocycles. The average Bonchev–Trinajstić information content (AvgIpc) is 2.86. The van der Waals surface area contributed by atoms with Crippen LogP contribution in [-0.4, -0.2) is 23.3 Å². The van der Waals surface area contributed by atoms with Gasteiger partial charge in [0.1, 0.15) is 5.92 Å². The molecule has 2 aliphatic carbocycles. The summed E-state index contributed by atoms with van der Waals surface area (Å²) in [6, 6.07) is 0. The van der Waals surface area contributed by atoms with Crippen LogP contribution in [0, 0.1) is 5.92 Å². The maximum absolute atomic E-state index is 10.8. The highest BCUT2D eigenvalue weighted by Gasteiger charge is 2.54. The third-order valence-corrected chi connectivity index (χ3v) is 2.94. The van der Waals surface area contributed by atoms with Crippen molar-refractivity contribution in [3.8, 4) is 0 Å². The van der Waals surface area contributed by atoms with E-state index in [9.17, 15) is 4.79 Å². The highest BCUT2D eigenvalue weighted by Crippen LogP contribution is 2.47. The number of aliphatic carboxylic acids is 1. The summed E-state index contributed by atoms with van der Waals surface area (Å²) < 4.78 is 5.67. The molecule has 1 fully saturated rings. The Labute approximate surface area is 81.4 Å². The molecule has 3 aliphatic rings. The number of rotatable bonds is 1. The maximum Gasteiger partial charge on any atom is 0.313 e. The molecule has 1 aliphatic heterocycles. The first-order valence-corrected chi connectivity index (χ1v) is 4.74. The first kappa shape index (κ1) is 8.00. The van der Waals surface area contributed by atoms with Gasteiger partial charge in [-0.25, -0.2) is 0 Å². The standard InChI is InChI=1S/C11H10O3/c12-11(13)9-7-5-6-3-1-2-4-8(6)14-10(7)9/h1-3,5,8-10H,4H2,(H,12,13). The number of carboxylic acids is 1. The van der Waals surface area contributed by atoms with Gasteiger partial charge in [-0.15, -0.1) is 0 Å². The molecule has 0 aromatic heterocycles. The molecule has 0 aromatic carbocycles. The highest BCUT2D eigenvalue weighted by atomic mass is 16.5. The first-order chi connectivity index (χ1) is 6.77. The number of fused-ring (bicyclic) bond motifs is 2. The minimum absolute atomic E-state index is 0.0816. The Morgan fingerprint density at radius 2 is 2.43 bits per heavy atom. The third kappa shape index (κ3) is 0.990. The number of ether oxygens (including phenoxy) is 1. The van der Waals surface area contributed by atoms with Gasteiger partial charge in [0.2, 0.25) is 0 Å². The van der Waals surface area contributed by atoms with Gasteiger partial charge in [0.25, 0.3) is 0 Å². The lowest BCUT2D eigenvalue weighted by Gasteiger charge is -2.22. The van der Waals surface area contributed by atoms with Crippen LogP contribution in [-0.2, 0) is 9.53 Å². The first-order valence-electron chi connectivity index (χ1n) is 4.74. The highest BCUT2D eigenvalue weighted by molar-refractivity contribution is 5.82. The molecule has 3 nitrogen and oxygen atoms in total. The SMILES string of the molecule is O=C(O)C1C2=CC3=CC=CCC3OC21. The molecule has 72 valence electrons. The van der Waals surface area contributed by atoms with Gasteiger partial charge in [0.15, 0.2) is 0 Å². The quantitative estimate of drug-likeness (QED) is 0.677. The van der Waals surface area contributed by atoms with E-state index in [4.69, 9.17) is 9.84 Å². The fraction of sp³-hybridized carbons (Fsp3) is 0.364. The van der Waals surface area contributed by atoms with Crippen molar-refractivity contribution in [1.29, 1.82) is 0 Å². The van der Waals surface area contributed by atoms with Crippen LogP contribution >= 0.6 is 0 Å². The second-order valence-electron chi connectivity index (χ2n) is 3.84. The van der Waals surface area contributed by atoms with Crippen LogP contribution in [0.15, 0.2) is 35.5 Å². The van der Waals surface area contributed by atoms with Gasteiger partial charge < -0.3 is 9.84 Å². The Bertz CT molecular complexity index is 389. The predicted octanol–water partition coefficient (Wildman–Crippen LogP) is 1.28. The molecule has 0 radical (unpaired) electrons. The largest absolute Gasteiger partial charge is 0.481 e. The Morgan fingerprint density at radius 1 is 1.57 bits per heavy atom. The zero-order valence-corrected chi connectivity index (χ0v) is 7.51. The summed E-state index contributed by atoms with van der Waals surface area (Å²) in [6.45, 7) is 0. The van der Waals surface area contributed by atoms with Crippen LogP contribution in [0.25, 0.3) is 0 Å². The minimum Gasteiger partial charge on any atom is -0.481 e. The third-order valence-electron chi connectivity index (χ3n) is 2.94. The van der Waals surface area contributed by atoms with Crippen LogP contribution in [0.3, 0.4) is 0 Å². The zero-order chi connectivity index (χ0) is 9.71. The molecule has 1 N–H and O–H groups in total. The van der Waals surface area contributed by atoms with Crippen LogP contribution < -0.4 is 0 Å². The second kappa shape index (κ2) is 2.58. The number of hydrogen-bond donors (Lipinski definition) is 1. The molecule has 1 heterocycles. The van der Waals surface area contributed by atoms with Crippen LogP contribution in [0.5, 0.6) is 0 Å². The van der Waals surface area contributed by atoms with Crippen molar-refractivity contribution in [3.63, 3.8) is 0 Å². The molecule has 0 aromatic rings. The lowest BCUT2D eigenvalue weighted by molar-refractivity contribution is -0.139. The lowest BCUT2D eigenvalue weighted by atomic mass is 10.00. The van der Waals surface area contributed by atoms with Gasteiger partial charge >= 0.3 is 5.97 Å². The molecule has 0 spiro atoms. The van der Waals surface area contributed by atoms with E-state index in [1.165, 1.54) is 0 Å². The van der Waals surface area contributed by atoms with Crippen LogP contribution in [0.1, 0.15) is 6.42 Å². The van der Waals surface area contributed by atoms with Gasteiger partial charge in [0, 0.05) is 0 Å². The Hall–Kier alpha value is -1.35. The summed E-state index contributed by atoms with van der Waals surface area (Å²) in [5.74, 6) is -1.16. The fourth-order valence-corrected chi connectivity index (χ4v) is 2.13. The molecule has 3 heteroatoms. The number of carboxylic acid groups (broad SMARTS) is 1. The molecule has 3 unspecified atom stereocenters. The Balaban J connectivity index is 1.92. The summed E-state index contributed by atoms with van der Waals surface area (Å²) in [4.78, 5) is 10.8. The molecule has 3 atom stereocenters. The van der Waals surface area contributed by atoms with Crippen molar-refractivity contribution in [2.24, 2.45) is 5.92 Å². The summed E-state index contributed by atoms with van der Waals surface area (Å²) in [7, 11) is 0. The van der Waals surface area contributed by atoms with Crippen molar-refractivity contribution >= 4 is 5.97 Å². The molecule has 0 bridgehead atoms. The van der Waals surface area contributed by atoms with Crippen molar-refractivity contribution in [2.45, 2.75) is 18.6 Å². The monoisotopic (exact) mass is 190 g/mol. The maximum atomic E-state index is 10.8. The second-order valence-corrected chi connectivity index (χ2v) is 3.84. The fourth-order valence-electron chi connectivity index (χ4n) is 2.13. The molecule has 0 amide bonds. The van der Waals surface area contributed by atoms with Gasteiger partial charge in [-0.3, -0.25) is 4.79 Å². The summed E-state index contributed by atoms with van der Waals surface area (Å²) >= 11 is 0. The molecule has 3 rings (SSSR count). The van der Waals surface area contributed by atoms with E-state index in [0.29, 0.717) is 0 Å². The van der Waals surface area contributed by atoms with Gasteiger partial charge in [-0.1, -0.05) is 24.3 Å². The smallest absolute Gasteiger partial charge is 0.313 e. The van der Waals surface area contributed by atoms with E-state index in [-0.39, 0.29) is 18.1 Å². The minimum atomic E-state index is -0.770. The van der Waals surface area contributed by atoms with E-state index < -0.39 is 5.97 Å². The van der Waals surface area contributed by atoms with E-state index in [1.807, 2.05) is 24.3 Å². The van der Waals surface area contributed by atoms with Crippen molar-refractivity contribution < 1.29 is 14.6 Å². The van der Waals surface area contributed by atoms with Crippen LogP contribution in [0.4, 0.5) is 0 Å². The Morgan fingerprint density at radius 3 is 3.21 bits per heavy atom. The van der Waals surface area contributed by atoms with E-state index in [0.717, 1.165) is 17.6 Å². The van der Waals surface area contributed by atoms with Crippen molar-refractivity contribution in [3.05, 3.63) is 35.5 Å². The normalized spacial score (nSPS) is 37.9. The van der Waals surface area contributed by atoms with Crippen molar-refractivity contribution in [1.82, 2.24) is 0 Å². The lowest BCUT2D eigenvalue weighted by Crippen LogP contribution is -2.20. The molecular formula is C11H10O3. The van der Waals surface area contributed by atoms with Gasteiger partial charge in [-0.2, -0.15) is 0 Å².